The van der Waals surface area contributed by atoms with Gasteiger partial charge in [-0.25, -0.2) is 0 Å². The van der Waals surface area contributed by atoms with Crippen LogP contribution in [0.2, 0.25) is 0 Å². The third-order valence-electron chi connectivity index (χ3n) is 4.55. The van der Waals surface area contributed by atoms with Crippen LogP contribution in [0.3, 0.4) is 0 Å². The molecule has 2 aromatic carbocycles. The fraction of sp³-hybridized carbons (Fsp3) is 0.211. The average Bonchev–Trinajstić information content (AvgIpc) is 2.93. The molecule has 4 N–H and O–H groups in total. The average molecular weight is 320 g/mol. The number of hydrogen-bond acceptors (Lipinski definition) is 3. The van der Waals surface area contributed by atoms with Gasteiger partial charge in [0.1, 0.15) is 0 Å². The zero-order valence-corrected chi connectivity index (χ0v) is 13.6. The number of aryl methyl sites for hydroxylation is 1. The number of rotatable bonds is 2. The number of hydrogen-bond donors (Lipinski definition) is 3. The van der Waals surface area contributed by atoms with Crippen LogP contribution < -0.4 is 16.0 Å². The molecule has 24 heavy (non-hydrogen) atoms. The van der Waals surface area contributed by atoms with E-state index in [0.717, 1.165) is 30.3 Å². The molecule has 1 aliphatic rings. The topological polar surface area (TPSA) is 74.2 Å². The molecule has 0 saturated heterocycles. The van der Waals surface area contributed by atoms with Gasteiger partial charge in [0.2, 0.25) is 0 Å². The fourth-order valence-electron chi connectivity index (χ4n) is 3.42. The molecule has 1 aromatic heterocycles. The van der Waals surface area contributed by atoms with Gasteiger partial charge in [0, 0.05) is 47.1 Å². The van der Waals surface area contributed by atoms with Crippen molar-refractivity contribution in [2.75, 3.05) is 29.5 Å². The van der Waals surface area contributed by atoms with Gasteiger partial charge >= 0.3 is 0 Å². The molecule has 0 bridgehead atoms. The van der Waals surface area contributed by atoms with E-state index in [0.29, 0.717) is 16.9 Å². The van der Waals surface area contributed by atoms with E-state index in [1.54, 1.807) is 12.1 Å². The minimum absolute atomic E-state index is 0.129. The van der Waals surface area contributed by atoms with Crippen molar-refractivity contribution in [1.29, 1.82) is 0 Å². The second-order valence-electron chi connectivity index (χ2n) is 6.32. The zero-order valence-electron chi connectivity index (χ0n) is 13.6. The standard InChI is InChI=1S/C19H20N4O/c1-23-9-3-6-17-18(23)15-10-12(7-8-16(15)22-17)19(24)21-14-5-2-4-13(20)11-14/h2,4-5,7-8,10-11,22H,3,6,9,20H2,1H3,(H,21,24). The Bertz CT molecular complexity index is 928. The van der Waals surface area contributed by atoms with Crippen LogP contribution in [0.25, 0.3) is 10.9 Å². The first kappa shape index (κ1) is 14.6. The summed E-state index contributed by atoms with van der Waals surface area (Å²) in [6.45, 7) is 1.04. The van der Waals surface area contributed by atoms with Crippen molar-refractivity contribution in [2.45, 2.75) is 12.8 Å². The Labute approximate surface area is 140 Å². The lowest BCUT2D eigenvalue weighted by Gasteiger charge is -2.24. The monoisotopic (exact) mass is 320 g/mol. The Morgan fingerprint density at radius 3 is 2.96 bits per heavy atom. The van der Waals surface area contributed by atoms with Crippen molar-refractivity contribution in [3.05, 3.63) is 53.7 Å². The number of aromatic amines is 1. The maximum Gasteiger partial charge on any atom is 0.255 e. The first-order valence-corrected chi connectivity index (χ1v) is 8.14. The van der Waals surface area contributed by atoms with E-state index in [9.17, 15) is 4.79 Å². The highest BCUT2D eigenvalue weighted by molar-refractivity contribution is 6.08. The highest BCUT2D eigenvalue weighted by Crippen LogP contribution is 2.34. The summed E-state index contributed by atoms with van der Waals surface area (Å²) in [5, 5.41) is 4.01. The predicted molar refractivity (Wildman–Crippen MR) is 98.7 cm³/mol. The number of nitrogens with one attached hydrogen (secondary N) is 2. The van der Waals surface area contributed by atoms with Crippen LogP contribution in [0.15, 0.2) is 42.5 Å². The summed E-state index contributed by atoms with van der Waals surface area (Å²) in [7, 11) is 2.10. The van der Waals surface area contributed by atoms with E-state index in [2.05, 4.69) is 22.2 Å². The van der Waals surface area contributed by atoms with Gasteiger partial charge in [-0.1, -0.05) is 6.07 Å². The molecule has 0 unspecified atom stereocenters. The summed E-state index contributed by atoms with van der Waals surface area (Å²) < 4.78 is 0. The maximum absolute atomic E-state index is 12.6. The third-order valence-corrected chi connectivity index (χ3v) is 4.55. The zero-order chi connectivity index (χ0) is 16.7. The first-order valence-electron chi connectivity index (χ1n) is 8.14. The molecule has 0 saturated carbocycles. The van der Waals surface area contributed by atoms with Crippen LogP contribution in [0.5, 0.6) is 0 Å². The lowest BCUT2D eigenvalue weighted by atomic mass is 10.1. The lowest BCUT2D eigenvalue weighted by Crippen LogP contribution is -2.24. The van der Waals surface area contributed by atoms with Crippen molar-refractivity contribution in [1.82, 2.24) is 4.98 Å². The maximum atomic E-state index is 12.6. The molecule has 122 valence electrons. The molecule has 0 atom stereocenters. The third kappa shape index (κ3) is 2.48. The number of benzene rings is 2. The Morgan fingerprint density at radius 1 is 1.25 bits per heavy atom. The van der Waals surface area contributed by atoms with E-state index < -0.39 is 0 Å². The van der Waals surface area contributed by atoms with Gasteiger partial charge in [-0.2, -0.15) is 0 Å². The second kappa shape index (κ2) is 5.60. The van der Waals surface area contributed by atoms with Gasteiger partial charge in [-0.15, -0.1) is 0 Å². The molecule has 4 rings (SSSR count). The van der Waals surface area contributed by atoms with Crippen molar-refractivity contribution in [2.24, 2.45) is 0 Å². The molecule has 3 aromatic rings. The number of nitrogen functional groups attached to an aromatic ring is 1. The molecular weight excluding hydrogens is 300 g/mol. The molecule has 5 nitrogen and oxygen atoms in total. The second-order valence-corrected chi connectivity index (χ2v) is 6.32. The van der Waals surface area contributed by atoms with E-state index in [-0.39, 0.29) is 5.91 Å². The summed E-state index contributed by atoms with van der Waals surface area (Å²) in [5.74, 6) is -0.129. The lowest BCUT2D eigenvalue weighted by molar-refractivity contribution is 0.102. The molecule has 1 aliphatic heterocycles. The summed E-state index contributed by atoms with van der Waals surface area (Å²) in [5.41, 5.74) is 11.3. The molecule has 0 radical (unpaired) electrons. The van der Waals surface area contributed by atoms with Crippen LogP contribution in [0.4, 0.5) is 17.1 Å². The van der Waals surface area contributed by atoms with Gasteiger partial charge in [0.15, 0.2) is 0 Å². The van der Waals surface area contributed by atoms with Gasteiger partial charge in [-0.05, 0) is 49.2 Å². The SMILES string of the molecule is CN1CCCc2[nH]c3ccc(C(=O)Nc4cccc(N)c4)cc3c21. The predicted octanol–water partition coefficient (Wildman–Crippen LogP) is 3.38. The minimum atomic E-state index is -0.129. The first-order chi connectivity index (χ1) is 11.6. The number of aromatic nitrogens is 1. The van der Waals surface area contributed by atoms with Gasteiger partial charge < -0.3 is 20.9 Å². The van der Waals surface area contributed by atoms with Crippen molar-refractivity contribution < 1.29 is 4.79 Å². The fourth-order valence-corrected chi connectivity index (χ4v) is 3.42. The Balaban J connectivity index is 1.69. The van der Waals surface area contributed by atoms with E-state index >= 15 is 0 Å². The van der Waals surface area contributed by atoms with Gasteiger partial charge in [0.05, 0.1) is 5.69 Å². The number of H-pyrrole nitrogens is 1. The van der Waals surface area contributed by atoms with E-state index in [1.807, 2.05) is 30.3 Å². The molecule has 1 amide bonds. The largest absolute Gasteiger partial charge is 0.399 e. The summed E-state index contributed by atoms with van der Waals surface area (Å²) in [4.78, 5) is 18.3. The van der Waals surface area contributed by atoms with Crippen molar-refractivity contribution in [3.63, 3.8) is 0 Å². The number of anilines is 3. The van der Waals surface area contributed by atoms with E-state index in [4.69, 9.17) is 5.73 Å². The van der Waals surface area contributed by atoms with Crippen LogP contribution in [-0.4, -0.2) is 24.5 Å². The molecular formula is C19H20N4O. The highest BCUT2D eigenvalue weighted by Gasteiger charge is 2.20. The van der Waals surface area contributed by atoms with E-state index in [1.165, 1.54) is 11.4 Å². The van der Waals surface area contributed by atoms with Crippen molar-refractivity contribution in [3.8, 4) is 0 Å². The quantitative estimate of drug-likeness (QED) is 0.634. The number of carbonyl (C=O) groups is 1. The smallest absolute Gasteiger partial charge is 0.255 e. The van der Waals surface area contributed by atoms with Crippen LogP contribution in [0.1, 0.15) is 22.5 Å². The molecule has 2 heterocycles. The van der Waals surface area contributed by atoms with Crippen LogP contribution in [-0.2, 0) is 6.42 Å². The number of fused-ring (bicyclic) bond motifs is 3. The normalized spacial score (nSPS) is 13.8. The van der Waals surface area contributed by atoms with Gasteiger partial charge in [-0.3, -0.25) is 4.79 Å². The number of nitrogens with zero attached hydrogens (tertiary/aromatic N) is 1. The van der Waals surface area contributed by atoms with Crippen molar-refractivity contribution >= 4 is 33.9 Å². The van der Waals surface area contributed by atoms with Crippen LogP contribution >= 0.6 is 0 Å². The molecule has 0 fully saturated rings. The molecule has 0 aliphatic carbocycles. The minimum Gasteiger partial charge on any atom is -0.399 e. The Hall–Kier alpha value is -2.95. The Morgan fingerprint density at radius 2 is 2.12 bits per heavy atom. The van der Waals surface area contributed by atoms with Crippen LogP contribution in [0, 0.1) is 0 Å². The summed E-state index contributed by atoms with van der Waals surface area (Å²) in [6.07, 6.45) is 2.21. The summed E-state index contributed by atoms with van der Waals surface area (Å²) >= 11 is 0. The molecule has 5 heteroatoms. The number of amides is 1. The number of nitrogens with two attached hydrogens (primary N) is 1. The summed E-state index contributed by atoms with van der Waals surface area (Å²) in [6, 6.07) is 13.0. The Kier molecular flexibility index (Phi) is 3.41. The number of carbonyl (C=O) groups excluding carboxylic acids is 1. The van der Waals surface area contributed by atoms with Gasteiger partial charge in [0.25, 0.3) is 5.91 Å². The molecule has 0 spiro atoms. The highest BCUT2D eigenvalue weighted by atomic mass is 16.1.